The third-order valence-corrected chi connectivity index (χ3v) is 5.04. The van der Waals surface area contributed by atoms with Crippen LogP contribution in [0.4, 0.5) is 0 Å². The van der Waals surface area contributed by atoms with E-state index in [9.17, 15) is 4.79 Å². The van der Waals surface area contributed by atoms with Gasteiger partial charge in [0.15, 0.2) is 11.5 Å². The minimum Gasteiger partial charge on any atom is -0.490 e. The minimum absolute atomic E-state index is 0.123. The second-order valence-corrected chi connectivity index (χ2v) is 7.60. The smallest absolute Gasteiger partial charge is 0.274 e. The Bertz CT molecular complexity index is 1050. The summed E-state index contributed by atoms with van der Waals surface area (Å²) < 4.78 is 12.6. The van der Waals surface area contributed by atoms with Gasteiger partial charge in [-0.15, -0.1) is 0 Å². The molecule has 0 unspecified atom stereocenters. The molecule has 0 aliphatic heterocycles. The van der Waals surface area contributed by atoms with Crippen molar-refractivity contribution in [2.45, 2.75) is 13.5 Å². The molecule has 0 spiro atoms. The molecule has 8 heteroatoms. The molecular formula is C22H19ClIN3O3. The average Bonchev–Trinajstić information content (AvgIpc) is 2.74. The highest BCUT2D eigenvalue weighted by atomic mass is 127. The van der Waals surface area contributed by atoms with Crippen molar-refractivity contribution in [2.24, 2.45) is 5.10 Å². The Morgan fingerprint density at radius 3 is 2.73 bits per heavy atom. The first-order chi connectivity index (χ1) is 14.6. The number of hydrazone groups is 1. The molecular weight excluding hydrogens is 517 g/mol. The summed E-state index contributed by atoms with van der Waals surface area (Å²) in [6, 6.07) is 16.9. The summed E-state index contributed by atoms with van der Waals surface area (Å²) in [5.74, 6) is 0.847. The lowest BCUT2D eigenvalue weighted by molar-refractivity contribution is 0.0955. The molecule has 1 amide bonds. The van der Waals surface area contributed by atoms with Crippen LogP contribution in [0.2, 0.25) is 5.15 Å². The second-order valence-electron chi connectivity index (χ2n) is 6.08. The fourth-order valence-electron chi connectivity index (χ4n) is 2.58. The van der Waals surface area contributed by atoms with Gasteiger partial charge < -0.3 is 9.47 Å². The number of hydrogen-bond donors (Lipinski definition) is 1. The van der Waals surface area contributed by atoms with E-state index in [4.69, 9.17) is 21.1 Å². The van der Waals surface area contributed by atoms with E-state index in [0.29, 0.717) is 24.7 Å². The zero-order valence-corrected chi connectivity index (χ0v) is 19.1. The Morgan fingerprint density at radius 1 is 1.20 bits per heavy atom. The first-order valence-corrected chi connectivity index (χ1v) is 10.6. The molecule has 0 bridgehead atoms. The number of carbonyl (C=O) groups is 1. The third kappa shape index (κ3) is 5.93. The van der Waals surface area contributed by atoms with Gasteiger partial charge in [-0.1, -0.05) is 41.9 Å². The van der Waals surface area contributed by atoms with Gasteiger partial charge in [0.25, 0.3) is 5.91 Å². The van der Waals surface area contributed by atoms with Crippen LogP contribution in [0.5, 0.6) is 11.5 Å². The van der Waals surface area contributed by atoms with E-state index in [1.54, 1.807) is 12.1 Å². The number of nitrogens with zero attached hydrogens (tertiary/aromatic N) is 2. The number of hydrogen-bond acceptors (Lipinski definition) is 5. The lowest BCUT2D eigenvalue weighted by Gasteiger charge is -2.14. The highest BCUT2D eigenvalue weighted by Gasteiger charge is 2.13. The summed E-state index contributed by atoms with van der Waals surface area (Å²) in [7, 11) is 0. The van der Waals surface area contributed by atoms with Crippen LogP contribution in [0.3, 0.4) is 0 Å². The quantitative estimate of drug-likeness (QED) is 0.189. The lowest BCUT2D eigenvalue weighted by Crippen LogP contribution is -2.18. The van der Waals surface area contributed by atoms with Crippen molar-refractivity contribution in [3.63, 3.8) is 0 Å². The number of pyridine rings is 1. The van der Waals surface area contributed by atoms with Crippen molar-refractivity contribution >= 4 is 46.3 Å². The molecule has 3 rings (SSSR count). The molecule has 30 heavy (non-hydrogen) atoms. The molecule has 0 radical (unpaired) electrons. The normalized spacial score (nSPS) is 10.8. The fraction of sp³-hybridized carbons (Fsp3) is 0.136. The maximum absolute atomic E-state index is 12.2. The lowest BCUT2D eigenvalue weighted by atomic mass is 10.2. The Balaban J connectivity index is 1.73. The van der Waals surface area contributed by atoms with E-state index in [1.807, 2.05) is 49.4 Å². The van der Waals surface area contributed by atoms with Crippen LogP contribution in [0, 0.1) is 3.57 Å². The van der Waals surface area contributed by atoms with Crippen molar-refractivity contribution in [3.8, 4) is 11.5 Å². The molecule has 3 aromatic rings. The first-order valence-electron chi connectivity index (χ1n) is 9.15. The summed E-state index contributed by atoms with van der Waals surface area (Å²) in [5.41, 5.74) is 4.53. The maximum atomic E-state index is 12.2. The number of nitrogens with one attached hydrogen (secondary N) is 1. The number of aromatic nitrogens is 1. The van der Waals surface area contributed by atoms with Crippen LogP contribution in [0.15, 0.2) is 65.9 Å². The fourth-order valence-corrected chi connectivity index (χ4v) is 3.56. The van der Waals surface area contributed by atoms with Gasteiger partial charge in [-0.05, 0) is 64.9 Å². The Morgan fingerprint density at radius 2 is 2.00 bits per heavy atom. The summed E-state index contributed by atoms with van der Waals surface area (Å²) in [6.45, 7) is 2.84. The molecule has 0 atom stereocenters. The van der Waals surface area contributed by atoms with Gasteiger partial charge in [-0.25, -0.2) is 10.4 Å². The van der Waals surface area contributed by atoms with Crippen LogP contribution in [-0.2, 0) is 6.61 Å². The van der Waals surface area contributed by atoms with E-state index in [2.05, 4.69) is 38.1 Å². The number of rotatable bonds is 8. The van der Waals surface area contributed by atoms with Crippen LogP contribution in [0.1, 0.15) is 28.4 Å². The highest BCUT2D eigenvalue weighted by Crippen LogP contribution is 2.34. The Hall–Kier alpha value is -2.65. The molecule has 0 saturated carbocycles. The molecule has 0 aliphatic rings. The van der Waals surface area contributed by atoms with E-state index < -0.39 is 5.91 Å². The predicted octanol–water partition coefficient (Wildman–Crippen LogP) is 5.08. The molecule has 2 aromatic carbocycles. The van der Waals surface area contributed by atoms with E-state index in [-0.39, 0.29) is 10.7 Å². The standard InChI is InChI=1S/C22H19ClIN3O3/c1-2-29-19-12-16(13-26-27-22(28)17-9-6-10-25-21(17)23)11-18(24)20(19)30-14-15-7-4-3-5-8-15/h3-13H,2,14H2,1H3,(H,27,28). The largest absolute Gasteiger partial charge is 0.490 e. The van der Waals surface area contributed by atoms with Gasteiger partial charge in [0.05, 0.1) is 22.0 Å². The van der Waals surface area contributed by atoms with Gasteiger partial charge in [-0.2, -0.15) is 5.10 Å². The van der Waals surface area contributed by atoms with Crippen LogP contribution >= 0.6 is 34.2 Å². The molecule has 1 aromatic heterocycles. The topological polar surface area (TPSA) is 72.8 Å². The van der Waals surface area contributed by atoms with Gasteiger partial charge in [0.1, 0.15) is 11.8 Å². The monoisotopic (exact) mass is 535 g/mol. The second kappa shape index (κ2) is 10.9. The van der Waals surface area contributed by atoms with Gasteiger partial charge in [0.2, 0.25) is 0 Å². The first kappa shape index (κ1) is 22.0. The zero-order chi connectivity index (χ0) is 21.3. The molecule has 154 valence electrons. The average molecular weight is 536 g/mol. The minimum atomic E-state index is -0.438. The highest BCUT2D eigenvalue weighted by molar-refractivity contribution is 14.1. The Labute approximate surface area is 193 Å². The van der Waals surface area contributed by atoms with Gasteiger partial charge in [0, 0.05) is 6.20 Å². The van der Waals surface area contributed by atoms with Gasteiger partial charge in [-0.3, -0.25) is 4.79 Å². The Kier molecular flexibility index (Phi) is 8.04. The van der Waals surface area contributed by atoms with Crippen molar-refractivity contribution in [3.05, 3.63) is 86.2 Å². The van der Waals surface area contributed by atoms with Crippen molar-refractivity contribution in [1.29, 1.82) is 0 Å². The van der Waals surface area contributed by atoms with Crippen molar-refractivity contribution < 1.29 is 14.3 Å². The van der Waals surface area contributed by atoms with Crippen molar-refractivity contribution in [2.75, 3.05) is 6.61 Å². The molecule has 0 fully saturated rings. The predicted molar refractivity (Wildman–Crippen MR) is 125 cm³/mol. The molecule has 0 saturated heterocycles. The molecule has 1 N–H and O–H groups in total. The van der Waals surface area contributed by atoms with E-state index in [1.165, 1.54) is 12.4 Å². The number of amides is 1. The summed E-state index contributed by atoms with van der Waals surface area (Å²) in [6.07, 6.45) is 3.05. The number of ether oxygens (including phenoxy) is 2. The SMILES string of the molecule is CCOc1cc(C=NNC(=O)c2cccnc2Cl)cc(I)c1OCc1ccccc1. The van der Waals surface area contributed by atoms with Crippen LogP contribution in [-0.4, -0.2) is 23.7 Å². The summed E-state index contributed by atoms with van der Waals surface area (Å²) in [4.78, 5) is 16.1. The number of carbonyl (C=O) groups excluding carboxylic acids is 1. The van der Waals surface area contributed by atoms with E-state index >= 15 is 0 Å². The summed E-state index contributed by atoms with van der Waals surface area (Å²) >= 11 is 8.12. The summed E-state index contributed by atoms with van der Waals surface area (Å²) in [5, 5.41) is 4.14. The molecule has 0 aliphatic carbocycles. The van der Waals surface area contributed by atoms with Crippen LogP contribution in [0.25, 0.3) is 0 Å². The van der Waals surface area contributed by atoms with Crippen molar-refractivity contribution in [1.82, 2.24) is 10.4 Å². The molecule has 1 heterocycles. The van der Waals surface area contributed by atoms with E-state index in [0.717, 1.165) is 14.7 Å². The maximum Gasteiger partial charge on any atom is 0.274 e. The van der Waals surface area contributed by atoms with Crippen LogP contribution < -0.4 is 14.9 Å². The number of halogens is 2. The number of benzene rings is 2. The molecule has 6 nitrogen and oxygen atoms in total. The third-order valence-electron chi connectivity index (χ3n) is 3.94. The zero-order valence-electron chi connectivity index (χ0n) is 16.1. The van der Waals surface area contributed by atoms with Gasteiger partial charge >= 0.3 is 0 Å².